The maximum atomic E-state index is 11.9. The number of nitrogens with two attached hydrogens (primary N) is 1. The van der Waals surface area contributed by atoms with Gasteiger partial charge in [0.2, 0.25) is 0 Å². The fraction of sp³-hybridized carbons (Fsp3) is 0.500. The van der Waals surface area contributed by atoms with Crippen molar-refractivity contribution < 1.29 is 9.53 Å². The third kappa shape index (κ3) is 3.85. The number of piperidine rings is 1. The average Bonchev–Trinajstić information content (AvgIpc) is 2.46. The Hall–Kier alpha value is -1.26. The molecule has 1 aliphatic rings. The first-order valence-corrected chi connectivity index (χ1v) is 6.97. The highest BCUT2D eigenvalue weighted by molar-refractivity contribution is 6.31. The molecule has 1 aliphatic heterocycles. The van der Waals surface area contributed by atoms with Crippen LogP contribution in [0.15, 0.2) is 18.2 Å². The minimum absolute atomic E-state index is 0.0405. The van der Waals surface area contributed by atoms with Crippen molar-refractivity contribution in [3.8, 4) is 5.75 Å². The second-order valence-corrected chi connectivity index (χ2v) is 5.09. The topological polar surface area (TPSA) is 55.6 Å². The third-order valence-corrected chi connectivity index (χ3v) is 3.67. The number of hydrogen-bond acceptors (Lipinski definition) is 3. The molecule has 5 heteroatoms. The summed E-state index contributed by atoms with van der Waals surface area (Å²) in [6.45, 7) is 2.15. The summed E-state index contributed by atoms with van der Waals surface area (Å²) in [5, 5.41) is 0.574. The van der Waals surface area contributed by atoms with E-state index >= 15 is 0 Å². The highest BCUT2D eigenvalue weighted by atomic mass is 35.5. The first-order chi connectivity index (χ1) is 9.20. The van der Waals surface area contributed by atoms with Gasteiger partial charge in [-0.1, -0.05) is 17.7 Å². The number of likely N-dealkylation sites (tertiary alicyclic amines) is 1. The maximum Gasteiger partial charge on any atom is 0.260 e. The predicted molar refractivity (Wildman–Crippen MR) is 75.3 cm³/mol. The first kappa shape index (κ1) is 14.2. The van der Waals surface area contributed by atoms with Gasteiger partial charge in [-0.2, -0.15) is 0 Å². The zero-order chi connectivity index (χ0) is 13.7. The van der Waals surface area contributed by atoms with Gasteiger partial charge in [-0.05, 0) is 37.0 Å². The van der Waals surface area contributed by atoms with Crippen molar-refractivity contribution in [1.29, 1.82) is 0 Å². The Balaban J connectivity index is 1.87. The highest BCUT2D eigenvalue weighted by Crippen LogP contribution is 2.22. The van der Waals surface area contributed by atoms with Crippen molar-refractivity contribution in [2.45, 2.75) is 25.8 Å². The number of ether oxygens (including phenoxy) is 1. The molecule has 1 heterocycles. The molecule has 0 bridgehead atoms. The van der Waals surface area contributed by atoms with Crippen LogP contribution in [0.2, 0.25) is 5.02 Å². The number of benzene rings is 1. The van der Waals surface area contributed by atoms with Crippen molar-refractivity contribution >= 4 is 17.5 Å². The van der Waals surface area contributed by atoms with Gasteiger partial charge in [-0.25, -0.2) is 0 Å². The van der Waals surface area contributed by atoms with Crippen LogP contribution in [0.25, 0.3) is 0 Å². The molecule has 1 fully saturated rings. The summed E-state index contributed by atoms with van der Waals surface area (Å²) in [5.41, 5.74) is 6.41. The lowest BCUT2D eigenvalue weighted by Gasteiger charge is -2.26. The summed E-state index contributed by atoms with van der Waals surface area (Å²) in [6, 6.07) is 5.31. The Bertz CT molecular complexity index is 445. The van der Waals surface area contributed by atoms with Gasteiger partial charge in [0.25, 0.3) is 5.91 Å². The molecule has 0 saturated carbocycles. The lowest BCUT2D eigenvalue weighted by atomic mass is 10.1. The summed E-state index contributed by atoms with van der Waals surface area (Å²) in [7, 11) is 0. The summed E-state index contributed by atoms with van der Waals surface area (Å²) in [5.74, 6) is 0.645. The van der Waals surface area contributed by atoms with Crippen molar-refractivity contribution in [3.63, 3.8) is 0 Å². The number of rotatable bonds is 4. The number of halogens is 1. The zero-order valence-electron chi connectivity index (χ0n) is 10.9. The van der Waals surface area contributed by atoms with E-state index in [4.69, 9.17) is 22.1 Å². The van der Waals surface area contributed by atoms with Crippen LogP contribution in [0, 0.1) is 0 Å². The van der Waals surface area contributed by atoms with Gasteiger partial charge < -0.3 is 15.4 Å². The summed E-state index contributed by atoms with van der Waals surface area (Å²) in [6.07, 6.45) is 3.38. The lowest BCUT2D eigenvalue weighted by molar-refractivity contribution is -0.134. The van der Waals surface area contributed by atoms with Crippen LogP contribution < -0.4 is 10.5 Å². The van der Waals surface area contributed by atoms with E-state index in [1.165, 1.54) is 6.42 Å². The largest absolute Gasteiger partial charge is 0.484 e. The second-order valence-electron chi connectivity index (χ2n) is 4.69. The first-order valence-electron chi connectivity index (χ1n) is 6.60. The Morgan fingerprint density at radius 2 is 2.05 bits per heavy atom. The Morgan fingerprint density at radius 1 is 1.32 bits per heavy atom. The predicted octanol–water partition coefficient (Wildman–Crippen LogP) is 2.19. The van der Waals surface area contributed by atoms with Crippen molar-refractivity contribution in [2.24, 2.45) is 5.73 Å². The van der Waals surface area contributed by atoms with Gasteiger partial charge in [0.15, 0.2) is 6.61 Å². The molecule has 0 aromatic heterocycles. The second kappa shape index (κ2) is 6.78. The van der Waals surface area contributed by atoms with Crippen molar-refractivity contribution in [2.75, 3.05) is 19.7 Å². The summed E-state index contributed by atoms with van der Waals surface area (Å²) in [4.78, 5) is 13.8. The number of carbonyl (C=O) groups is 1. The molecule has 0 spiro atoms. The molecular weight excluding hydrogens is 264 g/mol. The van der Waals surface area contributed by atoms with Crippen LogP contribution in [0.1, 0.15) is 24.8 Å². The lowest BCUT2D eigenvalue weighted by Crippen LogP contribution is -2.38. The molecule has 2 rings (SSSR count). The molecule has 104 valence electrons. The summed E-state index contributed by atoms with van der Waals surface area (Å²) < 4.78 is 5.48. The van der Waals surface area contributed by atoms with Crippen LogP contribution in [0.5, 0.6) is 5.75 Å². The molecule has 4 nitrogen and oxygen atoms in total. The van der Waals surface area contributed by atoms with Crippen molar-refractivity contribution in [1.82, 2.24) is 4.90 Å². The maximum absolute atomic E-state index is 11.9. The number of amides is 1. The molecule has 0 aliphatic carbocycles. The standard InChI is InChI=1S/C14H19ClN2O2/c15-13-8-12(5-4-11(13)9-16)19-10-14(18)17-6-2-1-3-7-17/h4-5,8H,1-3,6-7,9-10,16H2. The molecule has 0 unspecified atom stereocenters. The molecule has 2 N–H and O–H groups in total. The zero-order valence-corrected chi connectivity index (χ0v) is 11.7. The van der Waals surface area contributed by atoms with E-state index < -0.39 is 0 Å². The fourth-order valence-electron chi connectivity index (χ4n) is 2.16. The molecule has 0 radical (unpaired) electrons. The van der Waals surface area contributed by atoms with Crippen LogP contribution >= 0.6 is 11.6 Å². The molecule has 1 amide bonds. The van der Waals surface area contributed by atoms with Gasteiger partial charge in [0.1, 0.15) is 5.75 Å². The normalized spacial score (nSPS) is 15.4. The Labute approximate surface area is 118 Å². The quantitative estimate of drug-likeness (QED) is 0.921. The summed E-state index contributed by atoms with van der Waals surface area (Å²) >= 11 is 6.04. The minimum atomic E-state index is 0.0405. The van der Waals surface area contributed by atoms with Gasteiger partial charge in [0.05, 0.1) is 0 Å². The van der Waals surface area contributed by atoms with Crippen LogP contribution in [0.4, 0.5) is 0 Å². The molecule has 0 atom stereocenters. The van der Waals surface area contributed by atoms with Gasteiger partial charge in [-0.15, -0.1) is 0 Å². The van der Waals surface area contributed by atoms with E-state index in [0.29, 0.717) is 17.3 Å². The molecule has 1 saturated heterocycles. The van der Waals surface area contributed by atoms with E-state index in [9.17, 15) is 4.79 Å². The van der Waals surface area contributed by atoms with E-state index in [-0.39, 0.29) is 12.5 Å². The fourth-order valence-corrected chi connectivity index (χ4v) is 2.41. The Morgan fingerprint density at radius 3 is 2.68 bits per heavy atom. The van der Waals surface area contributed by atoms with Crippen molar-refractivity contribution in [3.05, 3.63) is 28.8 Å². The number of hydrogen-bond donors (Lipinski definition) is 1. The van der Waals surface area contributed by atoms with Gasteiger partial charge in [-0.3, -0.25) is 4.79 Å². The monoisotopic (exact) mass is 282 g/mol. The SMILES string of the molecule is NCc1ccc(OCC(=O)N2CCCCC2)cc1Cl. The van der Waals surface area contributed by atoms with E-state index in [1.807, 2.05) is 11.0 Å². The van der Waals surface area contributed by atoms with Gasteiger partial charge >= 0.3 is 0 Å². The molecular formula is C14H19ClN2O2. The van der Waals surface area contributed by atoms with E-state index in [1.54, 1.807) is 12.1 Å². The number of carbonyl (C=O) groups excluding carboxylic acids is 1. The molecule has 19 heavy (non-hydrogen) atoms. The van der Waals surface area contributed by atoms with E-state index in [0.717, 1.165) is 31.5 Å². The Kier molecular flexibility index (Phi) is 5.05. The van der Waals surface area contributed by atoms with Crippen LogP contribution in [0.3, 0.4) is 0 Å². The number of nitrogens with zero attached hydrogens (tertiary/aromatic N) is 1. The smallest absolute Gasteiger partial charge is 0.260 e. The third-order valence-electron chi connectivity index (χ3n) is 3.32. The highest BCUT2D eigenvalue weighted by Gasteiger charge is 2.16. The van der Waals surface area contributed by atoms with Crippen LogP contribution in [-0.4, -0.2) is 30.5 Å². The van der Waals surface area contributed by atoms with Gasteiger partial charge in [0, 0.05) is 24.7 Å². The van der Waals surface area contributed by atoms with Crippen LogP contribution in [-0.2, 0) is 11.3 Å². The molecule has 1 aromatic rings. The van der Waals surface area contributed by atoms with E-state index in [2.05, 4.69) is 0 Å². The molecule has 1 aromatic carbocycles. The average molecular weight is 283 g/mol. The minimum Gasteiger partial charge on any atom is -0.484 e.